The van der Waals surface area contributed by atoms with Crippen molar-refractivity contribution in [3.8, 4) is 5.75 Å². The minimum atomic E-state index is -0.331. The van der Waals surface area contributed by atoms with Crippen LogP contribution in [0.3, 0.4) is 0 Å². The quantitative estimate of drug-likeness (QED) is 0.507. The number of esters is 1. The van der Waals surface area contributed by atoms with E-state index in [0.29, 0.717) is 13.2 Å². The predicted octanol–water partition coefficient (Wildman–Crippen LogP) is 2.58. The number of ether oxygens (including phenoxy) is 2. The number of hydrogen-bond donors (Lipinski definition) is 0. The highest BCUT2D eigenvalue weighted by Crippen LogP contribution is 2.14. The molecule has 3 heteroatoms. The van der Waals surface area contributed by atoms with Gasteiger partial charge in [-0.05, 0) is 42.3 Å². The summed E-state index contributed by atoms with van der Waals surface area (Å²) in [5.74, 6) is 0.486. The number of carbonyl (C=O) groups excluding carboxylic acids is 1. The Kier molecular flexibility index (Phi) is 3.60. The van der Waals surface area contributed by atoms with Crippen LogP contribution in [0.25, 0.3) is 6.08 Å². The van der Waals surface area contributed by atoms with Gasteiger partial charge in [0.1, 0.15) is 19.0 Å². The summed E-state index contributed by atoms with van der Waals surface area (Å²) in [5.41, 5.74) is 1.92. The number of rotatable bonds is 0. The Balaban J connectivity index is 2.23. The van der Waals surface area contributed by atoms with Gasteiger partial charge in [0.2, 0.25) is 0 Å². The van der Waals surface area contributed by atoms with Crippen molar-refractivity contribution in [2.24, 2.45) is 0 Å². The molecule has 0 radical (unpaired) electrons. The Morgan fingerprint density at radius 3 is 2.59 bits per heavy atom. The molecule has 1 aromatic rings. The summed E-state index contributed by atoms with van der Waals surface area (Å²) in [5, 5.41) is 0. The van der Waals surface area contributed by atoms with Gasteiger partial charge >= 0.3 is 5.97 Å². The van der Waals surface area contributed by atoms with E-state index < -0.39 is 0 Å². The second-order valence-electron chi connectivity index (χ2n) is 3.87. The van der Waals surface area contributed by atoms with Crippen molar-refractivity contribution in [3.05, 3.63) is 47.6 Å². The summed E-state index contributed by atoms with van der Waals surface area (Å²) in [6.45, 7) is 2.69. The Morgan fingerprint density at radius 2 is 1.82 bits per heavy atom. The van der Waals surface area contributed by atoms with E-state index in [9.17, 15) is 4.79 Å². The lowest BCUT2D eigenvalue weighted by atomic mass is 10.2. The molecule has 2 bridgehead atoms. The maximum Gasteiger partial charge on any atom is 0.331 e. The third kappa shape index (κ3) is 3.48. The van der Waals surface area contributed by atoms with Crippen LogP contribution in [-0.2, 0) is 9.53 Å². The Morgan fingerprint density at radius 1 is 1.06 bits per heavy atom. The first-order chi connectivity index (χ1) is 8.24. The normalized spacial score (nSPS) is 21.0. The standard InChI is InChI=1S/C14H14O3/c1-11-8-9-16-13-5-2-12(3-6-13)4-7-14(15)17-10-11/h2-8H,9-10H2,1H3/b7-4-,11-8+. The Labute approximate surface area is 100 Å². The summed E-state index contributed by atoms with van der Waals surface area (Å²) in [4.78, 5) is 11.4. The molecule has 3 rings (SSSR count). The van der Waals surface area contributed by atoms with E-state index in [4.69, 9.17) is 9.47 Å². The zero-order chi connectivity index (χ0) is 12.1. The van der Waals surface area contributed by atoms with Crippen LogP contribution in [0, 0.1) is 0 Å². The summed E-state index contributed by atoms with van der Waals surface area (Å²) >= 11 is 0. The van der Waals surface area contributed by atoms with Crippen molar-refractivity contribution in [2.45, 2.75) is 6.92 Å². The zero-order valence-electron chi connectivity index (χ0n) is 9.68. The molecule has 0 saturated carbocycles. The van der Waals surface area contributed by atoms with Gasteiger partial charge in [-0.3, -0.25) is 0 Å². The number of hydrogen-bond acceptors (Lipinski definition) is 3. The first-order valence-corrected chi connectivity index (χ1v) is 5.47. The summed E-state index contributed by atoms with van der Waals surface area (Å²) in [6, 6.07) is 7.55. The fourth-order valence-corrected chi connectivity index (χ4v) is 1.41. The first kappa shape index (κ1) is 11.5. The van der Waals surface area contributed by atoms with E-state index in [2.05, 4.69) is 0 Å². The molecule has 0 aliphatic carbocycles. The number of carbonyl (C=O) groups is 1. The molecule has 1 aromatic carbocycles. The Hall–Kier alpha value is -2.03. The van der Waals surface area contributed by atoms with E-state index in [0.717, 1.165) is 16.9 Å². The lowest BCUT2D eigenvalue weighted by molar-refractivity contribution is -0.136. The molecular formula is C14H14O3. The SMILES string of the molecule is C/C1=C\COc2ccc(cc2)/C=C\C(=O)OC1. The van der Waals surface area contributed by atoms with E-state index in [1.54, 1.807) is 6.08 Å². The topological polar surface area (TPSA) is 35.5 Å². The third-order valence-electron chi connectivity index (χ3n) is 2.42. The fraction of sp³-hybridized carbons (Fsp3) is 0.214. The molecular weight excluding hydrogens is 216 g/mol. The van der Waals surface area contributed by atoms with Crippen LogP contribution < -0.4 is 4.74 Å². The minimum Gasteiger partial charge on any atom is -0.490 e. The van der Waals surface area contributed by atoms with Gasteiger partial charge in [-0.25, -0.2) is 4.79 Å². The molecule has 2 heterocycles. The Bertz CT molecular complexity index is 455. The first-order valence-electron chi connectivity index (χ1n) is 5.47. The molecule has 3 nitrogen and oxygen atoms in total. The van der Waals surface area contributed by atoms with Crippen LogP contribution in [0.2, 0.25) is 0 Å². The second kappa shape index (κ2) is 5.34. The van der Waals surface area contributed by atoms with Gasteiger partial charge in [-0.2, -0.15) is 0 Å². The van der Waals surface area contributed by atoms with Gasteiger partial charge in [0.05, 0.1) is 0 Å². The minimum absolute atomic E-state index is 0.304. The van der Waals surface area contributed by atoms with Crippen molar-refractivity contribution < 1.29 is 14.3 Å². The van der Waals surface area contributed by atoms with Gasteiger partial charge in [0, 0.05) is 6.08 Å². The van der Waals surface area contributed by atoms with Crippen molar-refractivity contribution in [3.63, 3.8) is 0 Å². The molecule has 0 fully saturated rings. The van der Waals surface area contributed by atoms with E-state index in [1.807, 2.05) is 37.3 Å². The van der Waals surface area contributed by atoms with Crippen LogP contribution >= 0.6 is 0 Å². The predicted molar refractivity (Wildman–Crippen MR) is 65.7 cm³/mol. The molecule has 88 valence electrons. The molecule has 0 spiro atoms. The average molecular weight is 230 g/mol. The van der Waals surface area contributed by atoms with Gasteiger partial charge in [-0.1, -0.05) is 12.1 Å². The summed E-state index contributed by atoms with van der Waals surface area (Å²) in [6.07, 6.45) is 5.06. The van der Waals surface area contributed by atoms with Crippen molar-refractivity contribution in [2.75, 3.05) is 13.2 Å². The van der Waals surface area contributed by atoms with Gasteiger partial charge in [0.25, 0.3) is 0 Å². The van der Waals surface area contributed by atoms with E-state index >= 15 is 0 Å². The molecule has 17 heavy (non-hydrogen) atoms. The van der Waals surface area contributed by atoms with Gasteiger partial charge in [0.15, 0.2) is 0 Å². The summed E-state index contributed by atoms with van der Waals surface area (Å²) < 4.78 is 10.6. The number of fused-ring (bicyclic) bond motifs is 8. The monoisotopic (exact) mass is 230 g/mol. The van der Waals surface area contributed by atoms with Crippen LogP contribution in [0.4, 0.5) is 0 Å². The highest BCUT2D eigenvalue weighted by molar-refractivity contribution is 5.87. The molecule has 0 aromatic heterocycles. The van der Waals surface area contributed by atoms with Crippen LogP contribution in [0.5, 0.6) is 5.75 Å². The lowest BCUT2D eigenvalue weighted by Crippen LogP contribution is -2.04. The van der Waals surface area contributed by atoms with Crippen molar-refractivity contribution in [1.82, 2.24) is 0 Å². The van der Waals surface area contributed by atoms with Gasteiger partial charge in [-0.15, -0.1) is 0 Å². The summed E-state index contributed by atoms with van der Waals surface area (Å²) in [7, 11) is 0. The van der Waals surface area contributed by atoms with Crippen LogP contribution in [0.1, 0.15) is 12.5 Å². The second-order valence-corrected chi connectivity index (χ2v) is 3.87. The molecule has 2 aliphatic rings. The largest absolute Gasteiger partial charge is 0.490 e. The van der Waals surface area contributed by atoms with Crippen molar-refractivity contribution in [1.29, 1.82) is 0 Å². The molecule has 0 unspecified atom stereocenters. The smallest absolute Gasteiger partial charge is 0.331 e. The lowest BCUT2D eigenvalue weighted by Gasteiger charge is -2.04. The van der Waals surface area contributed by atoms with Crippen LogP contribution in [0.15, 0.2) is 42.0 Å². The number of benzene rings is 1. The zero-order valence-corrected chi connectivity index (χ0v) is 9.68. The molecule has 2 aliphatic heterocycles. The molecule has 0 N–H and O–H groups in total. The highest BCUT2D eigenvalue weighted by atomic mass is 16.5. The van der Waals surface area contributed by atoms with Crippen LogP contribution in [-0.4, -0.2) is 19.2 Å². The van der Waals surface area contributed by atoms with E-state index in [1.165, 1.54) is 6.08 Å². The van der Waals surface area contributed by atoms with Crippen molar-refractivity contribution >= 4 is 12.0 Å². The average Bonchev–Trinajstić information content (AvgIpc) is 2.36. The maximum absolute atomic E-state index is 11.4. The molecule has 0 saturated heterocycles. The van der Waals surface area contributed by atoms with E-state index in [-0.39, 0.29) is 5.97 Å². The highest BCUT2D eigenvalue weighted by Gasteiger charge is 2.00. The van der Waals surface area contributed by atoms with Gasteiger partial charge < -0.3 is 9.47 Å². The fourth-order valence-electron chi connectivity index (χ4n) is 1.41. The molecule has 0 atom stereocenters. The maximum atomic E-state index is 11.4. The third-order valence-corrected chi connectivity index (χ3v) is 2.42. The molecule has 0 amide bonds.